The van der Waals surface area contributed by atoms with Crippen molar-refractivity contribution in [3.63, 3.8) is 0 Å². The Hall–Kier alpha value is -0.360. The Morgan fingerprint density at radius 2 is 0.659 bits per heavy atom. The van der Waals surface area contributed by atoms with Gasteiger partial charge in [0.1, 0.15) is 0 Å². The summed E-state index contributed by atoms with van der Waals surface area (Å²) < 4.78 is 0. The highest BCUT2D eigenvalue weighted by atomic mass is 15.4. The molecule has 0 aromatic rings. The maximum Gasteiger partial charge on any atom is 0.0631 e. The van der Waals surface area contributed by atoms with Gasteiger partial charge in [-0.1, -0.05) is 44.9 Å². The predicted molar refractivity (Wildman–Crippen MR) is 175 cm³/mol. The number of rotatable bonds is 2. The first-order valence-corrected chi connectivity index (χ1v) is 19.3. The average Bonchev–Trinajstić information content (AvgIpc) is 3.77. The molecule has 248 valence electrons. The molecule has 9 fully saturated rings. The van der Waals surface area contributed by atoms with E-state index >= 15 is 0 Å². The number of fused-ring (bicyclic) bond motifs is 20. The van der Waals surface area contributed by atoms with Crippen molar-refractivity contribution in [2.24, 2.45) is 53.3 Å². The van der Waals surface area contributed by atoms with Gasteiger partial charge in [0.25, 0.3) is 0 Å². The lowest BCUT2D eigenvalue weighted by atomic mass is 9.71. The normalized spacial score (nSPS) is 55.3. The third-order valence-corrected chi connectivity index (χ3v) is 14.6. The monoisotopic (exact) mass is 610 g/mol. The van der Waals surface area contributed by atoms with Crippen LogP contribution in [-0.2, 0) is 0 Å². The standard InChI is InChI=1S/C35H63N9/c1-44(2)18-19-10-9-17-26-27(19)35-42-33-25-16-8-7-15-24(25)31(40-33)38-29-21-12-4-3-11-20(21)28(36-29)37-30-22-13-5-6-14-23(22)32(39-30)41-34(26)43-35/h19-43H,3-18H2,1-2H3. The quantitative estimate of drug-likeness (QED) is 0.240. The van der Waals surface area contributed by atoms with Gasteiger partial charge < -0.3 is 4.90 Å². The Morgan fingerprint density at radius 3 is 1.00 bits per heavy atom. The summed E-state index contributed by atoms with van der Waals surface area (Å²) in [5.41, 5.74) is 0. The minimum atomic E-state index is 0.365. The minimum absolute atomic E-state index is 0.365. The van der Waals surface area contributed by atoms with Crippen molar-refractivity contribution in [3.8, 4) is 0 Å². The Morgan fingerprint density at radius 1 is 0.364 bits per heavy atom. The Bertz CT molecular complexity index is 1010. The van der Waals surface area contributed by atoms with Crippen molar-refractivity contribution >= 4 is 0 Å². The van der Waals surface area contributed by atoms with Crippen molar-refractivity contribution in [1.29, 1.82) is 0 Å². The van der Waals surface area contributed by atoms with Gasteiger partial charge >= 0.3 is 0 Å². The second-order valence-electron chi connectivity index (χ2n) is 17.2. The summed E-state index contributed by atoms with van der Waals surface area (Å²) in [4.78, 5) is 2.45. The second kappa shape index (κ2) is 12.3. The first-order valence-electron chi connectivity index (χ1n) is 19.3. The van der Waals surface area contributed by atoms with E-state index in [0.29, 0.717) is 61.2 Å². The van der Waals surface area contributed by atoms with E-state index in [-0.39, 0.29) is 0 Å². The van der Waals surface area contributed by atoms with E-state index in [0.717, 1.165) is 41.4 Å². The van der Waals surface area contributed by atoms with Gasteiger partial charge in [0.05, 0.1) is 49.3 Å². The summed E-state index contributed by atoms with van der Waals surface area (Å²) in [6.45, 7) is 1.21. The molecular formula is C35H63N9. The van der Waals surface area contributed by atoms with Gasteiger partial charge in [-0.2, -0.15) is 0 Å². The van der Waals surface area contributed by atoms with E-state index in [1.165, 1.54) is 103 Å². The zero-order valence-corrected chi connectivity index (χ0v) is 27.6. The van der Waals surface area contributed by atoms with Gasteiger partial charge in [-0.25, -0.2) is 0 Å². The van der Waals surface area contributed by atoms with Gasteiger partial charge in [0, 0.05) is 6.54 Å². The zero-order valence-electron chi connectivity index (χ0n) is 27.6. The molecule has 0 aromatic carbocycles. The highest BCUT2D eigenvalue weighted by Crippen LogP contribution is 2.46. The lowest BCUT2D eigenvalue weighted by Crippen LogP contribution is -2.62. The lowest BCUT2D eigenvalue weighted by molar-refractivity contribution is 0.103. The fourth-order valence-electron chi connectivity index (χ4n) is 12.9. The molecule has 17 unspecified atom stereocenters. The van der Waals surface area contributed by atoms with E-state index in [1.54, 1.807) is 0 Å². The maximum absolute atomic E-state index is 4.35. The first kappa shape index (κ1) is 29.8. The molecule has 17 atom stereocenters. The number of hydrogen-bond donors (Lipinski definition) is 8. The number of hydrogen-bond acceptors (Lipinski definition) is 9. The van der Waals surface area contributed by atoms with Crippen LogP contribution >= 0.6 is 0 Å². The minimum Gasteiger partial charge on any atom is -0.309 e. The van der Waals surface area contributed by atoms with Crippen LogP contribution in [0.15, 0.2) is 0 Å². The molecule has 8 N–H and O–H groups in total. The summed E-state index contributed by atoms with van der Waals surface area (Å²) in [5, 5.41) is 34.2. The fourth-order valence-corrected chi connectivity index (χ4v) is 12.9. The first-order chi connectivity index (χ1) is 21.6. The van der Waals surface area contributed by atoms with Crippen LogP contribution in [0.25, 0.3) is 0 Å². The van der Waals surface area contributed by atoms with Crippen LogP contribution in [0.1, 0.15) is 96.3 Å². The molecule has 9 heteroatoms. The molecule has 9 aliphatic rings. The molecule has 5 aliphatic heterocycles. The Labute approximate surface area is 266 Å². The third-order valence-electron chi connectivity index (χ3n) is 14.6. The number of nitrogens with zero attached hydrogens (tertiary/aromatic N) is 1. The lowest BCUT2D eigenvalue weighted by Gasteiger charge is -2.40. The molecule has 4 aliphatic carbocycles. The van der Waals surface area contributed by atoms with Crippen molar-refractivity contribution < 1.29 is 0 Å². The largest absolute Gasteiger partial charge is 0.309 e. The van der Waals surface area contributed by atoms with Crippen molar-refractivity contribution in [3.05, 3.63) is 0 Å². The van der Waals surface area contributed by atoms with Gasteiger partial charge in [0.2, 0.25) is 0 Å². The maximum atomic E-state index is 4.35. The third kappa shape index (κ3) is 5.23. The van der Waals surface area contributed by atoms with Crippen LogP contribution in [0, 0.1) is 53.3 Å². The Balaban J connectivity index is 1.06. The molecule has 4 saturated carbocycles. The Kier molecular flexibility index (Phi) is 8.29. The summed E-state index contributed by atoms with van der Waals surface area (Å²) >= 11 is 0. The molecule has 9 rings (SSSR count). The molecule has 5 saturated heterocycles. The van der Waals surface area contributed by atoms with Crippen LogP contribution in [0.3, 0.4) is 0 Å². The van der Waals surface area contributed by atoms with E-state index in [2.05, 4.69) is 61.5 Å². The van der Waals surface area contributed by atoms with E-state index in [4.69, 9.17) is 0 Å². The second-order valence-corrected chi connectivity index (χ2v) is 17.2. The SMILES string of the molecule is CN(C)CC1CCCC2C3NC4NC(NC5NC(NC6NC(NC(N3)C12)C1CCCCC61)C1CCCCC51)C1CCCCC41. The molecule has 44 heavy (non-hydrogen) atoms. The van der Waals surface area contributed by atoms with Gasteiger partial charge in [-0.15, -0.1) is 0 Å². The van der Waals surface area contributed by atoms with E-state index in [9.17, 15) is 0 Å². The molecular weight excluding hydrogens is 546 g/mol. The zero-order chi connectivity index (χ0) is 29.4. The number of nitrogens with one attached hydrogen (secondary N) is 8. The molecule has 0 amide bonds. The van der Waals surface area contributed by atoms with Crippen LogP contribution < -0.4 is 42.5 Å². The topological polar surface area (TPSA) is 99.5 Å². The van der Waals surface area contributed by atoms with Crippen molar-refractivity contribution in [2.75, 3.05) is 20.6 Å². The van der Waals surface area contributed by atoms with Crippen LogP contribution in [-0.4, -0.2) is 74.9 Å². The fraction of sp³-hybridized carbons (Fsp3) is 1.00. The van der Waals surface area contributed by atoms with E-state index < -0.39 is 0 Å². The highest BCUT2D eigenvalue weighted by Gasteiger charge is 2.55. The van der Waals surface area contributed by atoms with Gasteiger partial charge in [0.15, 0.2) is 0 Å². The summed E-state index contributed by atoms with van der Waals surface area (Å²) in [6.07, 6.45) is 23.8. The van der Waals surface area contributed by atoms with E-state index in [1.807, 2.05) is 0 Å². The average molecular weight is 610 g/mol. The van der Waals surface area contributed by atoms with Gasteiger partial charge in [-0.3, -0.25) is 42.5 Å². The molecule has 0 aromatic heterocycles. The molecule has 5 heterocycles. The van der Waals surface area contributed by atoms with Crippen molar-refractivity contribution in [1.82, 2.24) is 47.4 Å². The molecule has 8 bridgehead atoms. The van der Waals surface area contributed by atoms with Crippen LogP contribution in [0.4, 0.5) is 0 Å². The molecule has 0 radical (unpaired) electrons. The van der Waals surface area contributed by atoms with Gasteiger partial charge in [-0.05, 0) is 119 Å². The molecule has 9 nitrogen and oxygen atoms in total. The summed E-state index contributed by atoms with van der Waals surface area (Å²) in [7, 11) is 4.56. The van der Waals surface area contributed by atoms with Crippen molar-refractivity contribution in [2.45, 2.75) is 146 Å². The summed E-state index contributed by atoms with van der Waals surface area (Å²) in [6, 6.07) is 0. The van der Waals surface area contributed by atoms with Crippen LogP contribution in [0.2, 0.25) is 0 Å². The highest BCUT2D eigenvalue weighted by molar-refractivity contribution is 5.09. The summed E-state index contributed by atoms with van der Waals surface area (Å²) in [5.74, 6) is 6.48. The smallest absolute Gasteiger partial charge is 0.0631 e. The molecule has 0 spiro atoms. The predicted octanol–water partition coefficient (Wildman–Crippen LogP) is 2.39. The van der Waals surface area contributed by atoms with Crippen LogP contribution in [0.5, 0.6) is 0 Å².